The highest BCUT2D eigenvalue weighted by atomic mass is 35.5. The second-order valence-corrected chi connectivity index (χ2v) is 5.29. The Hall–Kier alpha value is -2.24. The van der Waals surface area contributed by atoms with Crippen LogP contribution < -0.4 is 10.1 Å². The summed E-state index contributed by atoms with van der Waals surface area (Å²) in [4.78, 5) is 23.3. The van der Waals surface area contributed by atoms with Gasteiger partial charge in [-0.05, 0) is 49.4 Å². The first-order valence-electron chi connectivity index (χ1n) is 6.70. The largest absolute Gasteiger partial charge is 0.450 e. The molecule has 0 heterocycles. The maximum Gasteiger partial charge on any atom is 0.411 e. The number of carbonyl (C=O) groups excluding carboxylic acids is 2. The van der Waals surface area contributed by atoms with Crippen LogP contribution in [0.4, 0.5) is 10.5 Å². The lowest BCUT2D eigenvalue weighted by molar-refractivity contribution is 0.0735. The number of esters is 1. The van der Waals surface area contributed by atoms with Gasteiger partial charge in [0, 0.05) is 15.7 Å². The zero-order valence-electron chi connectivity index (χ0n) is 12.1. The van der Waals surface area contributed by atoms with Crippen LogP contribution in [0.2, 0.25) is 10.0 Å². The second-order valence-electron chi connectivity index (χ2n) is 4.42. The Balaban J connectivity index is 2.03. The van der Waals surface area contributed by atoms with E-state index in [2.05, 4.69) is 5.32 Å². The Morgan fingerprint density at radius 2 is 1.65 bits per heavy atom. The van der Waals surface area contributed by atoms with Gasteiger partial charge in [-0.2, -0.15) is 0 Å². The van der Waals surface area contributed by atoms with Crippen molar-refractivity contribution in [3.05, 3.63) is 58.1 Å². The average Bonchev–Trinajstić information content (AvgIpc) is 2.47. The molecule has 0 unspecified atom stereocenters. The third kappa shape index (κ3) is 5.16. The number of rotatable bonds is 4. The Bertz CT molecular complexity index is 696. The molecule has 5 nitrogen and oxygen atoms in total. The topological polar surface area (TPSA) is 64.6 Å². The first kappa shape index (κ1) is 17.1. The number of hydrogen-bond donors (Lipinski definition) is 1. The molecule has 0 radical (unpaired) electrons. The van der Waals surface area contributed by atoms with Crippen molar-refractivity contribution >= 4 is 41.0 Å². The normalized spacial score (nSPS) is 10.0. The molecule has 0 aliphatic carbocycles. The van der Waals surface area contributed by atoms with Gasteiger partial charge in [-0.3, -0.25) is 5.32 Å². The zero-order valence-corrected chi connectivity index (χ0v) is 13.6. The van der Waals surface area contributed by atoms with E-state index in [-0.39, 0.29) is 12.4 Å². The fourth-order valence-corrected chi connectivity index (χ4v) is 2.23. The Kier molecular flexibility index (Phi) is 5.84. The summed E-state index contributed by atoms with van der Waals surface area (Å²) in [6, 6.07) is 10.7. The molecule has 2 aromatic carbocycles. The molecule has 23 heavy (non-hydrogen) atoms. The summed E-state index contributed by atoms with van der Waals surface area (Å²) in [5.41, 5.74) is 0.821. The van der Waals surface area contributed by atoms with Crippen molar-refractivity contribution in [1.29, 1.82) is 0 Å². The van der Waals surface area contributed by atoms with Gasteiger partial charge in [0.2, 0.25) is 0 Å². The highest BCUT2D eigenvalue weighted by Gasteiger charge is 2.10. The average molecular weight is 354 g/mol. The maximum absolute atomic E-state index is 12.1. The van der Waals surface area contributed by atoms with Gasteiger partial charge >= 0.3 is 12.1 Å². The van der Waals surface area contributed by atoms with Gasteiger partial charge in [-0.1, -0.05) is 23.2 Å². The molecule has 0 aliphatic rings. The number of ether oxygens (including phenoxy) is 2. The van der Waals surface area contributed by atoms with Crippen LogP contribution in [0.25, 0.3) is 0 Å². The second kappa shape index (κ2) is 7.85. The molecule has 1 N–H and O–H groups in total. The van der Waals surface area contributed by atoms with E-state index in [1.165, 1.54) is 30.3 Å². The van der Waals surface area contributed by atoms with Gasteiger partial charge in [0.05, 0.1) is 12.2 Å². The summed E-state index contributed by atoms with van der Waals surface area (Å²) < 4.78 is 9.96. The van der Waals surface area contributed by atoms with E-state index < -0.39 is 12.1 Å². The lowest BCUT2D eigenvalue weighted by atomic mass is 10.2. The third-order valence-electron chi connectivity index (χ3n) is 2.69. The monoisotopic (exact) mass is 353 g/mol. The maximum atomic E-state index is 12.1. The van der Waals surface area contributed by atoms with Crippen LogP contribution in [-0.2, 0) is 4.74 Å². The minimum absolute atomic E-state index is 0.251. The van der Waals surface area contributed by atoms with Crippen molar-refractivity contribution in [2.75, 3.05) is 11.9 Å². The van der Waals surface area contributed by atoms with E-state index in [0.717, 1.165) is 0 Å². The van der Waals surface area contributed by atoms with Crippen LogP contribution in [0.15, 0.2) is 42.5 Å². The number of nitrogens with one attached hydrogen (secondary N) is 1. The summed E-state index contributed by atoms with van der Waals surface area (Å²) in [6.45, 7) is 1.99. The van der Waals surface area contributed by atoms with E-state index in [0.29, 0.717) is 21.3 Å². The Morgan fingerprint density at radius 3 is 2.22 bits per heavy atom. The minimum Gasteiger partial charge on any atom is -0.450 e. The predicted octanol–water partition coefficient (Wildman–Crippen LogP) is 4.78. The van der Waals surface area contributed by atoms with Crippen LogP contribution in [-0.4, -0.2) is 18.7 Å². The molecule has 120 valence electrons. The van der Waals surface area contributed by atoms with E-state index in [1.807, 2.05) is 0 Å². The lowest BCUT2D eigenvalue weighted by Gasteiger charge is -2.07. The van der Waals surface area contributed by atoms with Gasteiger partial charge < -0.3 is 9.47 Å². The standard InChI is InChI=1S/C16H13Cl2NO4/c1-2-22-16(21)19-13-5-3-10(4-6-13)15(20)23-14-8-11(17)7-12(18)9-14/h3-9H,2H2,1H3,(H,19,21). The van der Waals surface area contributed by atoms with Crippen molar-refractivity contribution in [2.24, 2.45) is 0 Å². The summed E-state index contributed by atoms with van der Waals surface area (Å²) >= 11 is 11.7. The van der Waals surface area contributed by atoms with Crippen molar-refractivity contribution < 1.29 is 19.1 Å². The van der Waals surface area contributed by atoms with Crippen LogP contribution >= 0.6 is 23.2 Å². The molecule has 2 rings (SSSR count). The van der Waals surface area contributed by atoms with E-state index in [4.69, 9.17) is 32.7 Å². The number of halogens is 2. The smallest absolute Gasteiger partial charge is 0.411 e. The van der Waals surface area contributed by atoms with Gasteiger partial charge in [-0.15, -0.1) is 0 Å². The first-order chi connectivity index (χ1) is 11.0. The zero-order chi connectivity index (χ0) is 16.8. The molecule has 0 spiro atoms. The summed E-state index contributed by atoms with van der Waals surface area (Å²) in [7, 11) is 0. The summed E-state index contributed by atoms with van der Waals surface area (Å²) in [6.07, 6.45) is -0.559. The molecule has 0 saturated heterocycles. The molecular formula is C16H13Cl2NO4. The van der Waals surface area contributed by atoms with Crippen LogP contribution in [0.5, 0.6) is 5.75 Å². The van der Waals surface area contributed by atoms with Crippen molar-refractivity contribution in [3.63, 3.8) is 0 Å². The van der Waals surface area contributed by atoms with E-state index in [1.54, 1.807) is 19.1 Å². The van der Waals surface area contributed by atoms with Crippen LogP contribution in [0.3, 0.4) is 0 Å². The number of anilines is 1. The number of carbonyl (C=O) groups is 2. The van der Waals surface area contributed by atoms with Crippen LogP contribution in [0, 0.1) is 0 Å². The third-order valence-corrected chi connectivity index (χ3v) is 3.13. The van der Waals surface area contributed by atoms with Crippen molar-refractivity contribution in [3.8, 4) is 5.75 Å². The minimum atomic E-state index is -0.564. The highest BCUT2D eigenvalue weighted by molar-refractivity contribution is 6.34. The fourth-order valence-electron chi connectivity index (χ4n) is 1.73. The van der Waals surface area contributed by atoms with Gasteiger partial charge in [0.25, 0.3) is 0 Å². The van der Waals surface area contributed by atoms with Crippen LogP contribution in [0.1, 0.15) is 17.3 Å². The predicted molar refractivity (Wildman–Crippen MR) is 88.5 cm³/mol. The summed E-state index contributed by atoms with van der Waals surface area (Å²) in [5.74, 6) is -0.313. The molecule has 0 fully saturated rings. The highest BCUT2D eigenvalue weighted by Crippen LogP contribution is 2.25. The van der Waals surface area contributed by atoms with E-state index >= 15 is 0 Å². The number of benzene rings is 2. The molecule has 7 heteroatoms. The molecule has 0 aromatic heterocycles. The molecule has 2 aromatic rings. The molecule has 0 atom stereocenters. The SMILES string of the molecule is CCOC(=O)Nc1ccc(C(=O)Oc2cc(Cl)cc(Cl)c2)cc1. The van der Waals surface area contributed by atoms with Crippen molar-refractivity contribution in [2.45, 2.75) is 6.92 Å². The quantitative estimate of drug-likeness (QED) is 0.634. The molecule has 0 bridgehead atoms. The number of amides is 1. The van der Waals surface area contributed by atoms with Crippen molar-refractivity contribution in [1.82, 2.24) is 0 Å². The molecule has 0 aliphatic heterocycles. The lowest BCUT2D eigenvalue weighted by Crippen LogP contribution is -2.13. The first-order valence-corrected chi connectivity index (χ1v) is 7.45. The van der Waals surface area contributed by atoms with Gasteiger partial charge in [0.15, 0.2) is 0 Å². The fraction of sp³-hybridized carbons (Fsp3) is 0.125. The van der Waals surface area contributed by atoms with E-state index in [9.17, 15) is 9.59 Å². The molecule has 0 saturated carbocycles. The van der Waals surface area contributed by atoms with Gasteiger partial charge in [0.1, 0.15) is 5.75 Å². The molecular weight excluding hydrogens is 341 g/mol. The Morgan fingerprint density at radius 1 is 1.04 bits per heavy atom. The van der Waals surface area contributed by atoms with Gasteiger partial charge in [-0.25, -0.2) is 9.59 Å². The Labute approximate surface area is 143 Å². The summed E-state index contributed by atoms with van der Waals surface area (Å²) in [5, 5.41) is 3.26. The molecule has 1 amide bonds. The number of hydrogen-bond acceptors (Lipinski definition) is 4.